The van der Waals surface area contributed by atoms with Crippen LogP contribution in [0.5, 0.6) is 0 Å². The second-order valence-electron chi connectivity index (χ2n) is 6.87. The first-order chi connectivity index (χ1) is 9.84. The molecule has 0 aromatic heterocycles. The third-order valence-electron chi connectivity index (χ3n) is 2.78. The van der Waals surface area contributed by atoms with Gasteiger partial charge in [0.25, 0.3) is 0 Å². The van der Waals surface area contributed by atoms with Crippen LogP contribution in [0, 0.1) is 0 Å². The highest BCUT2D eigenvalue weighted by Gasteiger charge is 2.22. The van der Waals surface area contributed by atoms with Crippen LogP contribution in [0.15, 0.2) is 4.99 Å². The first kappa shape index (κ1) is 20.8. The lowest BCUT2D eigenvalue weighted by Gasteiger charge is -2.23. The molecule has 0 heterocycles. The topological polar surface area (TPSA) is 84.8 Å². The maximum atomic E-state index is 11.9. The van der Waals surface area contributed by atoms with Crippen molar-refractivity contribution in [3.63, 3.8) is 0 Å². The third kappa shape index (κ3) is 10.5. The Morgan fingerprint density at radius 2 is 1.82 bits per heavy atom. The van der Waals surface area contributed by atoms with Gasteiger partial charge in [-0.1, -0.05) is 0 Å². The van der Waals surface area contributed by atoms with E-state index in [0.29, 0.717) is 18.6 Å². The van der Waals surface area contributed by atoms with E-state index >= 15 is 0 Å². The van der Waals surface area contributed by atoms with Crippen molar-refractivity contribution < 1.29 is 18.5 Å². The minimum Gasteiger partial charge on any atom is -0.444 e. The van der Waals surface area contributed by atoms with Crippen LogP contribution < -0.4 is 5.32 Å². The summed E-state index contributed by atoms with van der Waals surface area (Å²) in [4.78, 5) is 27.6. The van der Waals surface area contributed by atoms with Gasteiger partial charge in [-0.2, -0.15) is 0 Å². The molecule has 7 heteroatoms. The number of nitrogens with one attached hydrogen (secondary N) is 1. The van der Waals surface area contributed by atoms with E-state index in [1.165, 1.54) is 6.92 Å². The number of ketones is 1. The van der Waals surface area contributed by atoms with Crippen LogP contribution in [0.2, 0.25) is 0 Å². The number of carbonyl (C=O) groups excluding carboxylic acids is 2. The smallest absolute Gasteiger partial charge is 0.408 e. The molecule has 0 radical (unpaired) electrons. The molecule has 0 saturated carbocycles. The molecular formula is C15H30N2O4S. The molecule has 22 heavy (non-hydrogen) atoms. The molecule has 0 spiro atoms. The normalized spacial score (nSPS) is 15.1. The van der Waals surface area contributed by atoms with Crippen LogP contribution in [-0.4, -0.2) is 58.8 Å². The molecule has 0 aliphatic carbocycles. The van der Waals surface area contributed by atoms with Gasteiger partial charge in [-0.3, -0.25) is 14.0 Å². The van der Waals surface area contributed by atoms with Crippen molar-refractivity contribution in [3.8, 4) is 0 Å². The fraction of sp³-hybridized carbons (Fsp3) is 0.800. The van der Waals surface area contributed by atoms with E-state index in [1.807, 2.05) is 0 Å². The zero-order valence-corrected chi connectivity index (χ0v) is 15.6. The fourth-order valence-electron chi connectivity index (χ4n) is 1.84. The first-order valence-electron chi connectivity index (χ1n) is 7.32. The highest BCUT2D eigenvalue weighted by atomic mass is 32.2. The van der Waals surface area contributed by atoms with E-state index in [9.17, 15) is 13.8 Å². The van der Waals surface area contributed by atoms with Crippen molar-refractivity contribution in [2.75, 3.05) is 25.3 Å². The third-order valence-corrected chi connectivity index (χ3v) is 3.91. The molecule has 0 unspecified atom stereocenters. The Hall–Kier alpha value is -1.24. The minimum absolute atomic E-state index is 0.141. The number of ether oxygens (including phenoxy) is 1. The Morgan fingerprint density at radius 1 is 1.27 bits per heavy atom. The largest absolute Gasteiger partial charge is 0.444 e. The van der Waals surface area contributed by atoms with Gasteiger partial charge in [-0.05, 0) is 53.0 Å². The van der Waals surface area contributed by atoms with Crippen molar-refractivity contribution in [3.05, 3.63) is 0 Å². The number of Topliss-reactive ketones (excluding diaryl/α,β-unsaturated/α-hetero) is 1. The van der Waals surface area contributed by atoms with Crippen LogP contribution in [-0.2, 0) is 19.5 Å². The van der Waals surface area contributed by atoms with Crippen molar-refractivity contribution in [2.45, 2.75) is 52.2 Å². The van der Waals surface area contributed by atoms with Crippen LogP contribution in [0.3, 0.4) is 0 Å². The van der Waals surface area contributed by atoms with Crippen molar-refractivity contribution in [1.29, 1.82) is 0 Å². The lowest BCUT2D eigenvalue weighted by Crippen LogP contribution is -2.43. The molecule has 1 amide bonds. The molecule has 0 bridgehead atoms. The van der Waals surface area contributed by atoms with Crippen LogP contribution in [0.1, 0.15) is 40.5 Å². The van der Waals surface area contributed by atoms with Crippen LogP contribution >= 0.6 is 0 Å². The molecule has 130 valence electrons. The number of amides is 1. The summed E-state index contributed by atoms with van der Waals surface area (Å²) in [6.07, 6.45) is 3.74. The number of thiol groups is 1. The highest BCUT2D eigenvalue weighted by molar-refractivity contribution is 8.02. The number of alkyl carbamates (subject to hydrolysis) is 1. The van der Waals surface area contributed by atoms with Crippen molar-refractivity contribution in [2.24, 2.45) is 4.99 Å². The van der Waals surface area contributed by atoms with E-state index in [-0.39, 0.29) is 5.78 Å². The van der Waals surface area contributed by atoms with E-state index in [4.69, 9.17) is 4.74 Å². The molecule has 0 aliphatic rings. The van der Waals surface area contributed by atoms with E-state index in [2.05, 4.69) is 10.3 Å². The van der Waals surface area contributed by atoms with E-state index in [1.54, 1.807) is 40.3 Å². The molecule has 0 fully saturated rings. The molecule has 0 aromatic carbocycles. The van der Waals surface area contributed by atoms with Crippen molar-refractivity contribution in [1.82, 2.24) is 5.32 Å². The summed E-state index contributed by atoms with van der Waals surface area (Å²) in [5.74, 6) is 0.290. The molecule has 0 saturated heterocycles. The zero-order valence-electron chi connectivity index (χ0n) is 14.7. The molecule has 0 aromatic rings. The highest BCUT2D eigenvalue weighted by Crippen LogP contribution is 2.09. The Balaban J connectivity index is 4.63. The monoisotopic (exact) mass is 334 g/mol. The Labute approximate surface area is 134 Å². The molecule has 6 nitrogen and oxygen atoms in total. The maximum absolute atomic E-state index is 11.9. The first-order valence-corrected chi connectivity index (χ1v) is 10.1. The molecule has 0 aliphatic heterocycles. The quantitative estimate of drug-likeness (QED) is 0.547. The summed E-state index contributed by atoms with van der Waals surface area (Å²) >= 11 is 0. The Kier molecular flexibility index (Phi) is 7.93. The standard InChI is InChI=1S/C15H30N2O4S/c1-11(18)13(17-14(19)21-15(2,3)4)9-8-12(16-5)10-22(6,7)20/h13,22H,8-10H2,1-7H3,(H,17,19)/b16-12+/t13-/m0/s1. The Bertz CT molecular complexity index is 474. The summed E-state index contributed by atoms with van der Waals surface area (Å²) in [5.41, 5.74) is 0.184. The number of hydrogen-bond donors (Lipinski definition) is 2. The maximum Gasteiger partial charge on any atom is 0.408 e. The van der Waals surface area contributed by atoms with Crippen LogP contribution in [0.25, 0.3) is 0 Å². The average molecular weight is 334 g/mol. The number of hydrogen-bond acceptors (Lipinski definition) is 5. The summed E-state index contributed by atoms with van der Waals surface area (Å²) in [6.45, 7) is 6.71. The van der Waals surface area contributed by atoms with Gasteiger partial charge in [-0.25, -0.2) is 4.79 Å². The van der Waals surface area contributed by atoms with Gasteiger partial charge in [0.2, 0.25) is 0 Å². The predicted molar refractivity (Wildman–Crippen MR) is 92.7 cm³/mol. The summed E-state index contributed by atoms with van der Waals surface area (Å²) in [5, 5.41) is 2.58. The van der Waals surface area contributed by atoms with Gasteiger partial charge in [0, 0.05) is 18.5 Å². The summed E-state index contributed by atoms with van der Waals surface area (Å²) < 4.78 is 17.0. The lowest BCUT2D eigenvalue weighted by molar-refractivity contribution is -0.119. The molecule has 0 rings (SSSR count). The van der Waals surface area contributed by atoms with Gasteiger partial charge >= 0.3 is 6.09 Å². The number of nitrogens with zero attached hydrogens (tertiary/aromatic N) is 1. The number of rotatable bonds is 7. The van der Waals surface area contributed by atoms with Gasteiger partial charge < -0.3 is 10.1 Å². The van der Waals surface area contributed by atoms with Gasteiger partial charge in [0.1, 0.15) is 5.60 Å². The molecule has 1 N–H and O–H groups in total. The average Bonchev–Trinajstić information content (AvgIpc) is 2.28. The number of carbonyl (C=O) groups is 2. The van der Waals surface area contributed by atoms with Gasteiger partial charge in [-0.15, -0.1) is 9.93 Å². The van der Waals surface area contributed by atoms with Crippen molar-refractivity contribution >= 4 is 27.5 Å². The summed E-state index contributed by atoms with van der Waals surface area (Å²) in [6, 6.07) is -0.625. The minimum atomic E-state index is -2.21. The SMILES string of the molecule is C/N=C(\CC[C@H](NC(=O)OC(C)(C)C)C(C)=O)C[SH](C)(C)=O. The predicted octanol–water partition coefficient (Wildman–Crippen LogP) is 1.60. The lowest BCUT2D eigenvalue weighted by atomic mass is 10.1. The van der Waals surface area contributed by atoms with Gasteiger partial charge in [0.05, 0.1) is 6.04 Å². The number of aliphatic imine (C=N–C) groups is 1. The van der Waals surface area contributed by atoms with Gasteiger partial charge in [0.15, 0.2) is 5.78 Å². The molecule has 1 atom stereocenters. The zero-order chi connectivity index (χ0) is 17.6. The van der Waals surface area contributed by atoms with E-state index in [0.717, 1.165) is 5.71 Å². The Morgan fingerprint density at radius 3 is 2.18 bits per heavy atom. The second-order valence-corrected chi connectivity index (χ2v) is 10.3. The molecular weight excluding hydrogens is 304 g/mol. The summed E-state index contributed by atoms with van der Waals surface area (Å²) in [7, 11) is -0.557. The fourth-order valence-corrected chi connectivity index (χ4v) is 3.02. The van der Waals surface area contributed by atoms with E-state index < -0.39 is 27.7 Å². The van der Waals surface area contributed by atoms with Crippen LogP contribution in [0.4, 0.5) is 4.79 Å². The second kappa shape index (κ2) is 8.41.